The summed E-state index contributed by atoms with van der Waals surface area (Å²) < 4.78 is 0. The molecule has 1 saturated carbocycles. The quantitative estimate of drug-likeness (QED) is 0.875. The molecule has 4 nitrogen and oxygen atoms in total. The third kappa shape index (κ3) is 3.56. The van der Waals surface area contributed by atoms with Crippen LogP contribution < -0.4 is 5.32 Å². The Morgan fingerprint density at radius 2 is 1.74 bits per heavy atom. The molecule has 2 rings (SSSR count). The smallest absolute Gasteiger partial charge is 0.330 e. The minimum absolute atomic E-state index is 0.0284. The molecule has 0 aromatic heterocycles. The molecule has 1 amide bonds. The fourth-order valence-electron chi connectivity index (χ4n) is 2.56. The first-order valence-electron chi connectivity index (χ1n) is 6.76. The lowest BCUT2D eigenvalue weighted by Crippen LogP contribution is -2.38. The molecule has 1 aromatic rings. The van der Waals surface area contributed by atoms with E-state index in [0.29, 0.717) is 5.56 Å². The van der Waals surface area contributed by atoms with E-state index in [-0.39, 0.29) is 11.8 Å². The van der Waals surface area contributed by atoms with Crippen molar-refractivity contribution in [1.82, 2.24) is 5.32 Å². The topological polar surface area (TPSA) is 66.4 Å². The summed E-state index contributed by atoms with van der Waals surface area (Å²) in [7, 11) is 0. The highest BCUT2D eigenvalue weighted by Gasteiger charge is 2.27. The summed E-state index contributed by atoms with van der Waals surface area (Å²) in [6.45, 7) is 0. The molecule has 4 heteroatoms. The highest BCUT2D eigenvalue weighted by molar-refractivity contribution is 5.85. The Bertz CT molecular complexity index is 438. The van der Waals surface area contributed by atoms with Gasteiger partial charge in [0, 0.05) is 5.92 Å². The Morgan fingerprint density at radius 1 is 1.11 bits per heavy atom. The molecule has 19 heavy (non-hydrogen) atoms. The highest BCUT2D eigenvalue weighted by atomic mass is 16.4. The Hall–Kier alpha value is -1.84. The zero-order valence-corrected chi connectivity index (χ0v) is 10.8. The molecule has 1 atom stereocenters. The number of carboxylic acids is 1. The first kappa shape index (κ1) is 13.6. The number of carbonyl (C=O) groups excluding carboxylic acids is 1. The number of hydrogen-bond donors (Lipinski definition) is 2. The second kappa shape index (κ2) is 6.36. The summed E-state index contributed by atoms with van der Waals surface area (Å²) in [5, 5.41) is 11.9. The van der Waals surface area contributed by atoms with Gasteiger partial charge < -0.3 is 10.4 Å². The van der Waals surface area contributed by atoms with E-state index < -0.39 is 12.0 Å². The molecule has 102 valence electrons. The van der Waals surface area contributed by atoms with Crippen LogP contribution in [0.25, 0.3) is 0 Å². The van der Waals surface area contributed by atoms with E-state index in [1.807, 2.05) is 6.07 Å². The van der Waals surface area contributed by atoms with Crippen molar-refractivity contribution in [2.45, 2.75) is 38.1 Å². The maximum Gasteiger partial charge on any atom is 0.330 e. The van der Waals surface area contributed by atoms with Gasteiger partial charge in [0.1, 0.15) is 0 Å². The number of aliphatic carboxylic acids is 1. The first-order valence-corrected chi connectivity index (χ1v) is 6.76. The van der Waals surface area contributed by atoms with Crippen LogP contribution in [-0.4, -0.2) is 17.0 Å². The Morgan fingerprint density at radius 3 is 2.32 bits per heavy atom. The minimum atomic E-state index is -1.02. The van der Waals surface area contributed by atoms with Gasteiger partial charge in [-0.3, -0.25) is 4.79 Å². The van der Waals surface area contributed by atoms with Crippen LogP contribution in [0.2, 0.25) is 0 Å². The summed E-state index contributed by atoms with van der Waals surface area (Å²) in [6.07, 6.45) is 5.02. The fraction of sp³-hybridized carbons (Fsp3) is 0.467. The molecule has 0 spiro atoms. The van der Waals surface area contributed by atoms with Gasteiger partial charge in [0.15, 0.2) is 6.04 Å². The molecule has 0 heterocycles. The average molecular weight is 261 g/mol. The molecule has 1 aromatic carbocycles. The van der Waals surface area contributed by atoms with Crippen LogP contribution in [0.1, 0.15) is 43.7 Å². The van der Waals surface area contributed by atoms with Crippen molar-refractivity contribution in [2.24, 2.45) is 5.92 Å². The van der Waals surface area contributed by atoms with Crippen molar-refractivity contribution in [3.8, 4) is 0 Å². The third-order valence-corrected chi connectivity index (χ3v) is 3.64. The molecule has 1 fully saturated rings. The summed E-state index contributed by atoms with van der Waals surface area (Å²) in [4.78, 5) is 23.4. The number of carboxylic acid groups (broad SMARTS) is 1. The van der Waals surface area contributed by atoms with E-state index in [9.17, 15) is 14.7 Å². The summed E-state index contributed by atoms with van der Waals surface area (Å²) >= 11 is 0. The molecule has 2 N–H and O–H groups in total. The maximum absolute atomic E-state index is 12.1. The van der Waals surface area contributed by atoms with Gasteiger partial charge >= 0.3 is 5.97 Å². The van der Waals surface area contributed by atoms with Gasteiger partial charge in [-0.2, -0.15) is 0 Å². The molecule has 0 radical (unpaired) electrons. The van der Waals surface area contributed by atoms with E-state index >= 15 is 0 Å². The normalized spacial score (nSPS) is 17.7. The number of amides is 1. The van der Waals surface area contributed by atoms with Gasteiger partial charge in [0.25, 0.3) is 0 Å². The van der Waals surface area contributed by atoms with Crippen LogP contribution in [0.5, 0.6) is 0 Å². The number of carbonyl (C=O) groups is 2. The lowest BCUT2D eigenvalue weighted by atomic mass is 9.88. The van der Waals surface area contributed by atoms with Crippen molar-refractivity contribution in [3.63, 3.8) is 0 Å². The van der Waals surface area contributed by atoms with Crippen LogP contribution in [0.3, 0.4) is 0 Å². The first-order chi connectivity index (χ1) is 9.18. The van der Waals surface area contributed by atoms with Gasteiger partial charge in [-0.25, -0.2) is 4.79 Å². The number of nitrogens with one attached hydrogen (secondary N) is 1. The summed E-state index contributed by atoms with van der Waals surface area (Å²) in [5.74, 6) is -1.18. The lowest BCUT2D eigenvalue weighted by Gasteiger charge is -2.23. The molecular formula is C15H19NO3. The van der Waals surface area contributed by atoms with Gasteiger partial charge in [-0.1, -0.05) is 49.6 Å². The maximum atomic E-state index is 12.1. The van der Waals surface area contributed by atoms with Gasteiger partial charge in [0.2, 0.25) is 5.91 Å². The van der Waals surface area contributed by atoms with Gasteiger partial charge in [-0.05, 0) is 18.4 Å². The van der Waals surface area contributed by atoms with E-state index in [1.165, 1.54) is 6.42 Å². The predicted octanol–water partition coefficient (Wildman–Crippen LogP) is 2.51. The van der Waals surface area contributed by atoms with Crippen LogP contribution in [-0.2, 0) is 9.59 Å². The standard InChI is InChI=1S/C15H19NO3/c17-14(12-9-5-2-6-10-12)16-13(15(18)19)11-7-3-1-4-8-11/h1,3-4,7-8,12-13H,2,5-6,9-10H2,(H,16,17)(H,18,19)/t13-/m1/s1. The Balaban J connectivity index is 2.04. The molecule has 0 unspecified atom stereocenters. The Kier molecular flexibility index (Phi) is 4.55. The van der Waals surface area contributed by atoms with Crippen LogP contribution >= 0.6 is 0 Å². The summed E-state index contributed by atoms with van der Waals surface area (Å²) in [5.41, 5.74) is 0.610. The number of hydrogen-bond acceptors (Lipinski definition) is 2. The second-order valence-corrected chi connectivity index (χ2v) is 5.03. The number of rotatable bonds is 4. The molecule has 1 aliphatic rings. The van der Waals surface area contributed by atoms with Crippen molar-refractivity contribution in [3.05, 3.63) is 35.9 Å². The molecule has 0 aliphatic heterocycles. The van der Waals surface area contributed by atoms with Crippen molar-refractivity contribution in [2.75, 3.05) is 0 Å². The molecule has 0 saturated heterocycles. The Labute approximate surface area is 112 Å². The van der Waals surface area contributed by atoms with Crippen LogP contribution in [0.15, 0.2) is 30.3 Å². The average Bonchev–Trinajstić information content (AvgIpc) is 2.46. The molecule has 0 bridgehead atoms. The fourth-order valence-corrected chi connectivity index (χ4v) is 2.56. The molecule has 1 aliphatic carbocycles. The summed E-state index contributed by atoms with van der Waals surface area (Å²) in [6, 6.07) is 7.87. The minimum Gasteiger partial charge on any atom is -0.479 e. The highest BCUT2D eigenvalue weighted by Crippen LogP contribution is 2.24. The van der Waals surface area contributed by atoms with Crippen molar-refractivity contribution >= 4 is 11.9 Å². The van der Waals surface area contributed by atoms with Gasteiger partial charge in [-0.15, -0.1) is 0 Å². The van der Waals surface area contributed by atoms with Gasteiger partial charge in [0.05, 0.1) is 0 Å². The third-order valence-electron chi connectivity index (χ3n) is 3.64. The van der Waals surface area contributed by atoms with E-state index in [1.54, 1.807) is 24.3 Å². The van der Waals surface area contributed by atoms with Crippen LogP contribution in [0.4, 0.5) is 0 Å². The SMILES string of the molecule is O=C(N[C@@H](C(=O)O)c1ccccc1)C1CCCCC1. The van der Waals surface area contributed by atoms with Crippen molar-refractivity contribution in [1.29, 1.82) is 0 Å². The zero-order valence-electron chi connectivity index (χ0n) is 10.8. The van der Waals surface area contributed by atoms with Crippen LogP contribution in [0, 0.1) is 5.92 Å². The number of benzene rings is 1. The lowest BCUT2D eigenvalue weighted by molar-refractivity contribution is -0.142. The monoisotopic (exact) mass is 261 g/mol. The molecular weight excluding hydrogens is 242 g/mol. The van der Waals surface area contributed by atoms with Crippen molar-refractivity contribution < 1.29 is 14.7 Å². The van der Waals surface area contributed by atoms with E-state index in [2.05, 4.69) is 5.32 Å². The second-order valence-electron chi connectivity index (χ2n) is 5.03. The largest absolute Gasteiger partial charge is 0.479 e. The predicted molar refractivity (Wildman–Crippen MR) is 71.5 cm³/mol. The van der Waals surface area contributed by atoms with E-state index in [4.69, 9.17) is 0 Å². The zero-order chi connectivity index (χ0) is 13.7. The van der Waals surface area contributed by atoms with E-state index in [0.717, 1.165) is 25.7 Å².